The van der Waals surface area contributed by atoms with Crippen LogP contribution < -0.4 is 5.32 Å². The summed E-state index contributed by atoms with van der Waals surface area (Å²) in [6.45, 7) is 5.33. The van der Waals surface area contributed by atoms with Gasteiger partial charge in [-0.15, -0.1) is 0 Å². The fourth-order valence-electron chi connectivity index (χ4n) is 5.43. The van der Waals surface area contributed by atoms with Crippen LogP contribution in [0.2, 0.25) is 0 Å². The summed E-state index contributed by atoms with van der Waals surface area (Å²) >= 11 is 0. The van der Waals surface area contributed by atoms with E-state index in [1.807, 2.05) is 85.6 Å². The lowest BCUT2D eigenvalue weighted by molar-refractivity contribution is 0.0144. The Morgan fingerprint density at radius 3 is 2.53 bits per heavy atom. The van der Waals surface area contributed by atoms with Crippen molar-refractivity contribution in [1.29, 1.82) is 0 Å². The number of fused-ring (bicyclic) bond motifs is 1. The highest BCUT2D eigenvalue weighted by Crippen LogP contribution is 2.31. The van der Waals surface area contributed by atoms with E-state index in [-0.39, 0.29) is 18.0 Å². The van der Waals surface area contributed by atoms with E-state index < -0.39 is 6.10 Å². The van der Waals surface area contributed by atoms with Crippen LogP contribution in [0.1, 0.15) is 51.6 Å². The average molecular weight is 480 g/mol. The first kappa shape index (κ1) is 24.2. The highest BCUT2D eigenvalue weighted by molar-refractivity contribution is 5.95. The molecule has 184 valence electrons. The Hall–Kier alpha value is -3.54. The number of carbonyl (C=O) groups is 1. The van der Waals surface area contributed by atoms with E-state index in [1.54, 1.807) is 0 Å². The number of aryl methyl sites for hydroxylation is 2. The number of carbonyl (C=O) groups excluding carboxylic acids is 1. The number of nitrogens with one attached hydrogen (secondary N) is 1. The van der Waals surface area contributed by atoms with Crippen molar-refractivity contribution in [1.82, 2.24) is 15.2 Å². The maximum Gasteiger partial charge on any atom is 0.254 e. The predicted molar refractivity (Wildman–Crippen MR) is 144 cm³/mol. The first-order chi connectivity index (χ1) is 17.5. The van der Waals surface area contributed by atoms with Crippen LogP contribution in [0.25, 0.3) is 10.9 Å². The molecule has 0 saturated carbocycles. The van der Waals surface area contributed by atoms with Crippen LogP contribution in [-0.2, 0) is 6.54 Å². The number of para-hydroxylation sites is 1. The summed E-state index contributed by atoms with van der Waals surface area (Å²) in [5, 5.41) is 16.3. The minimum atomic E-state index is -0.757. The van der Waals surface area contributed by atoms with Gasteiger partial charge in [0, 0.05) is 36.3 Å². The number of rotatable bonds is 6. The van der Waals surface area contributed by atoms with Crippen LogP contribution in [0.3, 0.4) is 0 Å². The van der Waals surface area contributed by atoms with E-state index in [4.69, 9.17) is 0 Å². The molecule has 4 aromatic rings. The maximum absolute atomic E-state index is 13.7. The van der Waals surface area contributed by atoms with Crippen LogP contribution in [0, 0.1) is 13.8 Å². The molecular formula is C31H33N3O2. The first-order valence-corrected chi connectivity index (χ1v) is 12.7. The number of likely N-dealkylation sites (tertiary alicyclic amines) is 1. The van der Waals surface area contributed by atoms with Crippen molar-refractivity contribution < 1.29 is 9.90 Å². The van der Waals surface area contributed by atoms with Crippen molar-refractivity contribution >= 4 is 16.8 Å². The Labute approximate surface area is 212 Å². The number of piperidine rings is 1. The Morgan fingerprint density at radius 1 is 1.03 bits per heavy atom. The van der Waals surface area contributed by atoms with E-state index in [2.05, 4.69) is 28.5 Å². The Kier molecular flexibility index (Phi) is 7.12. The van der Waals surface area contributed by atoms with Gasteiger partial charge in [0.15, 0.2) is 0 Å². The van der Waals surface area contributed by atoms with Crippen molar-refractivity contribution in [2.45, 2.75) is 51.4 Å². The topological polar surface area (TPSA) is 65.5 Å². The number of pyridine rings is 1. The summed E-state index contributed by atoms with van der Waals surface area (Å²) in [4.78, 5) is 20.0. The number of aromatic nitrogens is 1. The fraction of sp³-hybridized carbons (Fsp3) is 0.290. The monoisotopic (exact) mass is 479 g/mol. The molecule has 0 aliphatic carbocycles. The van der Waals surface area contributed by atoms with E-state index in [9.17, 15) is 9.90 Å². The number of aliphatic hydroxyl groups is 1. The summed E-state index contributed by atoms with van der Waals surface area (Å²) in [5.41, 5.74) is 5.85. The van der Waals surface area contributed by atoms with Crippen molar-refractivity contribution in [3.8, 4) is 0 Å². The third-order valence-corrected chi connectivity index (χ3v) is 7.20. The molecule has 1 aliphatic heterocycles. The van der Waals surface area contributed by atoms with Gasteiger partial charge >= 0.3 is 0 Å². The molecule has 5 rings (SSSR count). The zero-order chi connectivity index (χ0) is 25.1. The van der Waals surface area contributed by atoms with Crippen molar-refractivity contribution in [2.24, 2.45) is 0 Å². The van der Waals surface area contributed by atoms with Crippen LogP contribution in [0.4, 0.5) is 0 Å². The molecule has 0 bridgehead atoms. The van der Waals surface area contributed by atoms with Gasteiger partial charge in [-0.25, -0.2) is 0 Å². The van der Waals surface area contributed by atoms with Gasteiger partial charge in [0.25, 0.3) is 5.91 Å². The van der Waals surface area contributed by atoms with Crippen molar-refractivity contribution in [2.75, 3.05) is 6.54 Å². The van der Waals surface area contributed by atoms with Gasteiger partial charge in [-0.3, -0.25) is 9.78 Å². The van der Waals surface area contributed by atoms with Crippen molar-refractivity contribution in [3.63, 3.8) is 0 Å². The van der Waals surface area contributed by atoms with Gasteiger partial charge in [0.1, 0.15) is 0 Å². The normalized spacial score (nSPS) is 18.8. The molecule has 2 heterocycles. The summed E-state index contributed by atoms with van der Waals surface area (Å²) in [6, 6.07) is 25.7. The Morgan fingerprint density at radius 2 is 1.75 bits per heavy atom. The molecule has 5 nitrogen and oxygen atoms in total. The van der Waals surface area contributed by atoms with Crippen LogP contribution in [0.5, 0.6) is 0 Å². The third kappa shape index (κ3) is 5.18. The lowest BCUT2D eigenvalue weighted by Gasteiger charge is -2.42. The maximum atomic E-state index is 13.7. The third-order valence-electron chi connectivity index (χ3n) is 7.20. The molecule has 1 aliphatic rings. The average Bonchev–Trinajstić information content (AvgIpc) is 2.91. The second-order valence-electron chi connectivity index (χ2n) is 9.89. The smallest absolute Gasteiger partial charge is 0.254 e. The molecule has 1 amide bonds. The van der Waals surface area contributed by atoms with Crippen LogP contribution in [0.15, 0.2) is 85.1 Å². The summed E-state index contributed by atoms with van der Waals surface area (Å²) in [5.74, 6) is -0.0136. The largest absolute Gasteiger partial charge is 0.386 e. The summed E-state index contributed by atoms with van der Waals surface area (Å²) in [7, 11) is 0. The van der Waals surface area contributed by atoms with Gasteiger partial charge in [-0.1, -0.05) is 65.7 Å². The molecule has 3 atom stereocenters. The Bertz CT molecular complexity index is 1330. The lowest BCUT2D eigenvalue weighted by atomic mass is 9.89. The molecule has 1 aromatic heterocycles. The number of nitrogens with zero attached hydrogens (tertiary/aromatic N) is 2. The van der Waals surface area contributed by atoms with E-state index in [0.717, 1.165) is 34.0 Å². The number of hydrogen-bond donors (Lipinski definition) is 2. The van der Waals surface area contributed by atoms with E-state index in [1.165, 1.54) is 5.56 Å². The molecular weight excluding hydrogens is 446 g/mol. The van der Waals surface area contributed by atoms with Gasteiger partial charge in [-0.2, -0.15) is 0 Å². The molecule has 2 N–H and O–H groups in total. The lowest BCUT2D eigenvalue weighted by Crippen LogP contribution is -2.53. The number of aliphatic hydroxyl groups excluding tert-OH is 1. The second-order valence-corrected chi connectivity index (χ2v) is 9.89. The zero-order valence-electron chi connectivity index (χ0n) is 20.9. The van der Waals surface area contributed by atoms with Crippen molar-refractivity contribution in [3.05, 3.63) is 113 Å². The number of hydrogen-bond acceptors (Lipinski definition) is 4. The molecule has 1 fully saturated rings. The quantitative estimate of drug-likeness (QED) is 0.391. The fourth-order valence-corrected chi connectivity index (χ4v) is 5.43. The molecule has 0 radical (unpaired) electrons. The van der Waals surface area contributed by atoms with E-state index >= 15 is 0 Å². The van der Waals surface area contributed by atoms with Crippen LogP contribution >= 0.6 is 0 Å². The zero-order valence-corrected chi connectivity index (χ0v) is 20.9. The summed E-state index contributed by atoms with van der Waals surface area (Å²) in [6.07, 6.45) is 2.60. The molecule has 3 aromatic carbocycles. The standard InChI is InChI=1S/C31H33N3O2/c1-21-16-22(2)18-25(17-21)31(36)34-15-13-26(19-29(34)30(35)23-8-4-3-5-9-23)33-20-24-12-14-32-28-11-7-6-10-27(24)28/h3-12,14,16-18,26,29-30,33,35H,13,15,19-20H2,1-2H3/t26-,29-,30-/m1/s1. The Balaban J connectivity index is 1.38. The van der Waals surface area contributed by atoms with Gasteiger partial charge in [-0.05, 0) is 62.1 Å². The second kappa shape index (κ2) is 10.6. The van der Waals surface area contributed by atoms with Gasteiger partial charge in [0.05, 0.1) is 17.7 Å². The summed E-state index contributed by atoms with van der Waals surface area (Å²) < 4.78 is 0. The van der Waals surface area contributed by atoms with E-state index in [0.29, 0.717) is 25.1 Å². The molecule has 5 heteroatoms. The van der Waals surface area contributed by atoms with Gasteiger partial charge < -0.3 is 15.3 Å². The molecule has 0 unspecified atom stereocenters. The predicted octanol–water partition coefficient (Wildman–Crippen LogP) is 5.35. The highest BCUT2D eigenvalue weighted by Gasteiger charge is 2.37. The minimum Gasteiger partial charge on any atom is -0.386 e. The molecule has 1 saturated heterocycles. The number of amides is 1. The SMILES string of the molecule is Cc1cc(C)cc(C(=O)N2CC[C@@H](NCc3ccnc4ccccc34)C[C@@H]2[C@H](O)c2ccccc2)c1. The highest BCUT2D eigenvalue weighted by atomic mass is 16.3. The molecule has 36 heavy (non-hydrogen) atoms. The first-order valence-electron chi connectivity index (χ1n) is 12.7. The van der Waals surface area contributed by atoms with Gasteiger partial charge in [0.2, 0.25) is 0 Å². The number of benzene rings is 3. The molecule has 0 spiro atoms. The van der Waals surface area contributed by atoms with Crippen LogP contribution in [-0.4, -0.2) is 39.5 Å². The minimum absolute atomic E-state index is 0.0136.